The minimum absolute atomic E-state index is 0.139. The van der Waals surface area contributed by atoms with Crippen LogP contribution in [0.3, 0.4) is 0 Å². The normalized spacial score (nSPS) is 12.2. The Kier molecular flexibility index (Phi) is 15.4. The summed E-state index contributed by atoms with van der Waals surface area (Å²) in [5.41, 5.74) is 14.0. The Morgan fingerprint density at radius 3 is 1.32 bits per heavy atom. The Morgan fingerprint density at radius 1 is 0.526 bits per heavy atom. The molecule has 2 heteroatoms. The average Bonchev–Trinajstić information content (AvgIpc) is 3.24. The summed E-state index contributed by atoms with van der Waals surface area (Å²) in [7, 11) is 0. The molecule has 5 rings (SSSR count). The van der Waals surface area contributed by atoms with Crippen LogP contribution in [0.15, 0.2) is 152 Å². The van der Waals surface area contributed by atoms with Gasteiger partial charge in [0.25, 0.3) is 0 Å². The van der Waals surface area contributed by atoms with Crippen molar-refractivity contribution in [2.75, 3.05) is 16.3 Å². The lowest BCUT2D eigenvalue weighted by molar-refractivity contribution is 0.506. The maximum absolute atomic E-state index is 4.08. The molecule has 0 aliphatic heterocycles. The summed E-state index contributed by atoms with van der Waals surface area (Å²) < 4.78 is 0. The summed E-state index contributed by atoms with van der Waals surface area (Å²) >= 11 is 0. The van der Waals surface area contributed by atoms with Gasteiger partial charge in [-0.15, -0.1) is 0 Å². The number of allylic oxidation sites excluding steroid dienone is 4. The Bertz CT molecular complexity index is 2020. The Hall–Kier alpha value is -5.08. The molecule has 0 aromatic heterocycles. The van der Waals surface area contributed by atoms with Crippen molar-refractivity contribution in [1.82, 2.24) is 0 Å². The summed E-state index contributed by atoms with van der Waals surface area (Å²) in [6.45, 7) is 23.2. The molecule has 0 amide bonds. The van der Waals surface area contributed by atoms with E-state index < -0.39 is 0 Å². The van der Waals surface area contributed by atoms with Crippen molar-refractivity contribution in [3.8, 4) is 0 Å². The number of nitrogens with zero attached hydrogens (tertiary/aromatic N) is 2. The summed E-state index contributed by atoms with van der Waals surface area (Å²) in [6.07, 6.45) is 17.8. The molecular formula is C55H68N2. The summed E-state index contributed by atoms with van der Waals surface area (Å²) in [6, 6.07) is 45.6. The highest BCUT2D eigenvalue weighted by atomic mass is 15.1. The fourth-order valence-corrected chi connectivity index (χ4v) is 7.25. The minimum Gasteiger partial charge on any atom is -0.338 e. The van der Waals surface area contributed by atoms with Crippen molar-refractivity contribution in [3.63, 3.8) is 0 Å². The van der Waals surface area contributed by atoms with Gasteiger partial charge in [0.1, 0.15) is 0 Å². The molecule has 0 spiro atoms. The highest BCUT2D eigenvalue weighted by molar-refractivity contribution is 5.80. The zero-order valence-electron chi connectivity index (χ0n) is 36.3. The third kappa shape index (κ3) is 11.3. The quantitative estimate of drug-likeness (QED) is 0.0730. The first-order valence-electron chi connectivity index (χ1n) is 21.6. The van der Waals surface area contributed by atoms with Gasteiger partial charge in [0.15, 0.2) is 0 Å². The molecule has 0 unspecified atom stereocenters. The number of benzene rings is 5. The first-order valence-corrected chi connectivity index (χ1v) is 21.6. The highest BCUT2D eigenvalue weighted by Gasteiger charge is 2.20. The topological polar surface area (TPSA) is 6.48 Å². The highest BCUT2D eigenvalue weighted by Crippen LogP contribution is 2.38. The molecule has 0 saturated carbocycles. The van der Waals surface area contributed by atoms with E-state index >= 15 is 0 Å². The number of rotatable bonds is 20. The maximum Gasteiger partial charge on any atom is 0.0462 e. The van der Waals surface area contributed by atoms with E-state index in [-0.39, 0.29) is 10.8 Å². The lowest BCUT2D eigenvalue weighted by Crippen LogP contribution is -2.18. The van der Waals surface area contributed by atoms with Crippen LogP contribution in [0, 0.1) is 0 Å². The lowest BCUT2D eigenvalue weighted by Gasteiger charge is -2.28. The third-order valence-electron chi connectivity index (χ3n) is 12.1. The Balaban J connectivity index is 1.43. The predicted octanol–water partition coefficient (Wildman–Crippen LogP) is 16.2. The van der Waals surface area contributed by atoms with Gasteiger partial charge in [0.2, 0.25) is 0 Å². The third-order valence-corrected chi connectivity index (χ3v) is 12.1. The number of unbranched alkanes of at least 4 members (excludes halogenated alkanes) is 2. The van der Waals surface area contributed by atoms with Crippen LogP contribution >= 0.6 is 0 Å². The van der Waals surface area contributed by atoms with Gasteiger partial charge in [-0.1, -0.05) is 160 Å². The summed E-state index contributed by atoms with van der Waals surface area (Å²) in [5, 5.41) is 0. The standard InChI is InChI=1S/C55H68N2/c1-10-15-19-43-22-32-49(33-23-43)56(50-38-28-47(29-39-50)54(6,7)13-4)42-17-21-45(18-12-3)46-26-36-52(37-27-46)57(51-34-24-44(25-35-51)20-16-11-2)53-40-30-48(31-41-53)55(8,9)14-5/h12,17-18,21-41H,3,10-11,13-16,19-20,42H2,1-2,4-9H3/b21-17-,45-18+. The SMILES string of the molecule is C=C/C=C(\C=C/CN(c1ccc(CCCC)cc1)c1ccc(C(C)(C)CC)cc1)c1ccc(N(c2ccc(CCCC)cc2)c2ccc(C(C)(C)CC)cc2)cc1. The van der Waals surface area contributed by atoms with E-state index in [2.05, 4.69) is 211 Å². The van der Waals surface area contributed by atoms with Gasteiger partial charge in [-0.3, -0.25) is 0 Å². The zero-order chi connectivity index (χ0) is 40.8. The molecule has 298 valence electrons. The molecule has 0 radical (unpaired) electrons. The van der Waals surface area contributed by atoms with Crippen molar-refractivity contribution in [2.24, 2.45) is 0 Å². The smallest absolute Gasteiger partial charge is 0.0462 e. The molecule has 0 bridgehead atoms. The van der Waals surface area contributed by atoms with E-state index in [1.54, 1.807) is 0 Å². The number of aryl methyl sites for hydroxylation is 2. The van der Waals surface area contributed by atoms with Gasteiger partial charge in [-0.2, -0.15) is 0 Å². The largest absolute Gasteiger partial charge is 0.338 e. The van der Waals surface area contributed by atoms with Gasteiger partial charge >= 0.3 is 0 Å². The second kappa shape index (κ2) is 20.4. The van der Waals surface area contributed by atoms with E-state index in [1.807, 2.05) is 6.08 Å². The van der Waals surface area contributed by atoms with Crippen molar-refractivity contribution >= 4 is 34.0 Å². The summed E-state index contributed by atoms with van der Waals surface area (Å²) in [5.74, 6) is 0. The van der Waals surface area contributed by atoms with Crippen LogP contribution in [0.5, 0.6) is 0 Å². The first-order chi connectivity index (χ1) is 27.5. The minimum atomic E-state index is 0.139. The van der Waals surface area contributed by atoms with Crippen LogP contribution in [0.2, 0.25) is 0 Å². The van der Waals surface area contributed by atoms with E-state index in [0.29, 0.717) is 0 Å². The van der Waals surface area contributed by atoms with Crippen molar-refractivity contribution in [3.05, 3.63) is 180 Å². The average molecular weight is 757 g/mol. The maximum atomic E-state index is 4.08. The Morgan fingerprint density at radius 2 is 0.912 bits per heavy atom. The van der Waals surface area contributed by atoms with Crippen LogP contribution in [0.4, 0.5) is 28.4 Å². The molecular weight excluding hydrogens is 689 g/mol. The molecule has 0 aliphatic rings. The zero-order valence-corrected chi connectivity index (χ0v) is 36.3. The van der Waals surface area contributed by atoms with Crippen molar-refractivity contribution in [2.45, 2.75) is 118 Å². The molecule has 0 N–H and O–H groups in total. The second-order valence-corrected chi connectivity index (χ2v) is 16.9. The Labute approximate surface area is 346 Å². The molecule has 0 saturated heterocycles. The van der Waals surface area contributed by atoms with Crippen LogP contribution in [-0.2, 0) is 23.7 Å². The fourth-order valence-electron chi connectivity index (χ4n) is 7.25. The lowest BCUT2D eigenvalue weighted by atomic mass is 9.82. The fraction of sp³-hybridized carbons (Fsp3) is 0.345. The van der Waals surface area contributed by atoms with Crippen LogP contribution < -0.4 is 9.80 Å². The van der Waals surface area contributed by atoms with Crippen LogP contribution in [0.1, 0.15) is 122 Å². The second-order valence-electron chi connectivity index (χ2n) is 16.9. The molecule has 0 fully saturated rings. The molecule has 0 aliphatic carbocycles. The van der Waals surface area contributed by atoms with Gasteiger partial charge in [0.05, 0.1) is 0 Å². The number of anilines is 5. The number of hydrogen-bond donors (Lipinski definition) is 0. The van der Waals surface area contributed by atoms with Gasteiger partial charge in [-0.05, 0) is 143 Å². The number of hydrogen-bond acceptors (Lipinski definition) is 2. The summed E-state index contributed by atoms with van der Waals surface area (Å²) in [4.78, 5) is 4.79. The molecule has 0 atom stereocenters. The molecule has 2 nitrogen and oxygen atoms in total. The molecule has 0 heterocycles. The van der Waals surface area contributed by atoms with Crippen LogP contribution in [0.25, 0.3) is 5.57 Å². The molecule has 57 heavy (non-hydrogen) atoms. The van der Waals surface area contributed by atoms with E-state index in [9.17, 15) is 0 Å². The van der Waals surface area contributed by atoms with Gasteiger partial charge in [0, 0.05) is 35.0 Å². The molecule has 5 aromatic rings. The first kappa shape index (κ1) is 43.1. The monoisotopic (exact) mass is 757 g/mol. The molecule has 5 aromatic carbocycles. The predicted molar refractivity (Wildman–Crippen MR) is 252 cm³/mol. The van der Waals surface area contributed by atoms with Crippen molar-refractivity contribution < 1.29 is 0 Å². The van der Waals surface area contributed by atoms with Gasteiger partial charge < -0.3 is 9.80 Å². The van der Waals surface area contributed by atoms with E-state index in [0.717, 1.165) is 60.4 Å². The van der Waals surface area contributed by atoms with E-state index in [1.165, 1.54) is 59.3 Å². The van der Waals surface area contributed by atoms with Gasteiger partial charge in [-0.25, -0.2) is 0 Å². The van der Waals surface area contributed by atoms with Crippen LogP contribution in [-0.4, -0.2) is 6.54 Å². The van der Waals surface area contributed by atoms with E-state index in [4.69, 9.17) is 0 Å². The van der Waals surface area contributed by atoms with Crippen molar-refractivity contribution in [1.29, 1.82) is 0 Å².